The summed E-state index contributed by atoms with van der Waals surface area (Å²) in [4.78, 5) is 28.6. The van der Waals surface area contributed by atoms with Crippen LogP contribution in [0.3, 0.4) is 0 Å². The third-order valence-corrected chi connectivity index (χ3v) is 11.0. The van der Waals surface area contributed by atoms with Crippen LogP contribution in [0, 0.1) is 22.7 Å². The first-order chi connectivity index (χ1) is 20.5. The predicted octanol–water partition coefficient (Wildman–Crippen LogP) is 9.25. The Morgan fingerprint density at radius 2 is 0.833 bits per heavy atom. The Labute approximate surface area is 244 Å². The van der Waals surface area contributed by atoms with Crippen molar-refractivity contribution in [3.05, 3.63) is 97.1 Å². The third-order valence-electron chi connectivity index (χ3n) is 11.0. The fraction of sp³-hybridized carbons (Fsp3) is 0.316. The van der Waals surface area contributed by atoms with Gasteiger partial charge in [0, 0.05) is 34.4 Å². The summed E-state index contributed by atoms with van der Waals surface area (Å²) in [6.45, 7) is 0. The van der Waals surface area contributed by atoms with Gasteiger partial charge in [0.1, 0.15) is 0 Å². The molecule has 4 fully saturated rings. The first kappa shape index (κ1) is 24.4. The number of carbonyl (C=O) groups excluding carboxylic acids is 2. The van der Waals surface area contributed by atoms with Crippen molar-refractivity contribution < 1.29 is 9.59 Å². The van der Waals surface area contributed by atoms with E-state index in [1.165, 1.54) is 6.42 Å². The van der Waals surface area contributed by atoms with E-state index in [9.17, 15) is 9.59 Å². The van der Waals surface area contributed by atoms with Crippen molar-refractivity contribution >= 4 is 55.4 Å². The van der Waals surface area contributed by atoms with Gasteiger partial charge >= 0.3 is 0 Å². The highest BCUT2D eigenvalue weighted by Gasteiger charge is 2.58. The maximum Gasteiger partial charge on any atom is 0.232 e. The van der Waals surface area contributed by atoms with Gasteiger partial charge in [0.2, 0.25) is 11.8 Å². The van der Waals surface area contributed by atoms with Crippen molar-refractivity contribution in [2.75, 3.05) is 0 Å². The van der Waals surface area contributed by atoms with Crippen molar-refractivity contribution in [1.29, 1.82) is 0 Å². The van der Waals surface area contributed by atoms with Gasteiger partial charge in [-0.05, 0) is 85.5 Å². The van der Waals surface area contributed by atoms with Gasteiger partial charge in [-0.2, -0.15) is 0 Å². The Balaban J connectivity index is 1.08. The van der Waals surface area contributed by atoms with E-state index >= 15 is 0 Å². The largest absolute Gasteiger partial charge is 0.280 e. The molecule has 0 N–H and O–H groups in total. The van der Waals surface area contributed by atoms with E-state index in [0.717, 1.165) is 75.7 Å². The predicted molar refractivity (Wildman–Crippen MR) is 169 cm³/mol. The van der Waals surface area contributed by atoms with E-state index in [4.69, 9.17) is 0 Å². The molecule has 42 heavy (non-hydrogen) atoms. The van der Waals surface area contributed by atoms with Gasteiger partial charge in [0.25, 0.3) is 0 Å². The van der Waals surface area contributed by atoms with Crippen LogP contribution in [0.5, 0.6) is 0 Å². The molecule has 4 aliphatic carbocycles. The van der Waals surface area contributed by atoms with E-state index in [1.807, 2.05) is 33.4 Å². The topological polar surface area (TPSA) is 44.0 Å². The first-order valence-electron chi connectivity index (χ1n) is 15.5. The van der Waals surface area contributed by atoms with Gasteiger partial charge in [-0.3, -0.25) is 18.7 Å². The highest BCUT2D eigenvalue weighted by molar-refractivity contribution is 6.14. The van der Waals surface area contributed by atoms with Gasteiger partial charge in [0.05, 0.1) is 22.1 Å². The van der Waals surface area contributed by atoms with Crippen LogP contribution in [-0.2, 0) is 0 Å². The molecule has 2 aromatic heterocycles. The van der Waals surface area contributed by atoms with Gasteiger partial charge in [-0.1, -0.05) is 72.8 Å². The lowest BCUT2D eigenvalue weighted by molar-refractivity contribution is -0.109. The van der Waals surface area contributed by atoms with Crippen molar-refractivity contribution in [3.8, 4) is 0 Å². The van der Waals surface area contributed by atoms with Crippen molar-refractivity contribution in [1.82, 2.24) is 9.13 Å². The van der Waals surface area contributed by atoms with Crippen LogP contribution < -0.4 is 0 Å². The Morgan fingerprint density at radius 3 is 1.17 bits per heavy atom. The molecular formula is C38H34N2O2. The molecule has 0 atom stereocenters. The number of carbonyl (C=O) groups is 2. The zero-order valence-corrected chi connectivity index (χ0v) is 23.8. The zero-order valence-electron chi connectivity index (χ0n) is 23.8. The van der Waals surface area contributed by atoms with Gasteiger partial charge in [-0.15, -0.1) is 0 Å². The van der Waals surface area contributed by atoms with Crippen molar-refractivity contribution in [2.24, 2.45) is 22.7 Å². The number of fused-ring (bicyclic) bond motifs is 6. The lowest BCUT2D eigenvalue weighted by Crippen LogP contribution is -2.53. The minimum atomic E-state index is -0.0191. The number of hydrogen-bond acceptors (Lipinski definition) is 2. The lowest BCUT2D eigenvalue weighted by atomic mass is 9.43. The molecule has 0 unspecified atom stereocenters. The smallest absolute Gasteiger partial charge is 0.232 e. The number of para-hydroxylation sites is 4. The maximum absolute atomic E-state index is 14.3. The molecule has 4 heteroatoms. The molecular weight excluding hydrogens is 516 g/mol. The summed E-state index contributed by atoms with van der Waals surface area (Å²) in [5.41, 5.74) is 3.98. The van der Waals surface area contributed by atoms with Crippen molar-refractivity contribution in [2.45, 2.75) is 51.4 Å². The molecule has 6 aromatic rings. The molecule has 0 saturated heterocycles. The zero-order chi connectivity index (χ0) is 28.1. The SMILES string of the molecule is O=C(CC12CC3CC(C1)CC(CC(=O)n1c4ccccc4c4ccccc41)(C3)C2)n1c2ccccc2c2ccccc21. The normalized spacial score (nSPS) is 26.6. The number of benzene rings is 4. The van der Waals surface area contributed by atoms with E-state index in [1.54, 1.807) is 0 Å². The van der Waals surface area contributed by atoms with Crippen LogP contribution in [0.1, 0.15) is 61.0 Å². The molecule has 4 bridgehead atoms. The standard InChI is InChI=1S/C38H34N2O2/c41-35(39-31-13-5-1-9-27(31)28-10-2-6-14-32(28)39)22-37-18-25-17-26(19-37)21-38(20-25,24-37)23-36(42)40-33-15-7-3-11-29(33)30-12-4-8-16-34(30)40/h1-16,25-26H,17-24H2. The molecule has 10 rings (SSSR count). The average molecular weight is 551 g/mol. The Kier molecular flexibility index (Phi) is 5.04. The number of rotatable bonds is 4. The Hall–Kier alpha value is -4.18. The highest BCUT2D eigenvalue weighted by atomic mass is 16.2. The summed E-state index contributed by atoms with van der Waals surface area (Å²) in [6, 6.07) is 33.2. The molecule has 208 valence electrons. The highest BCUT2D eigenvalue weighted by Crippen LogP contribution is 2.67. The molecule has 4 aromatic carbocycles. The fourth-order valence-corrected chi connectivity index (χ4v) is 10.2. The van der Waals surface area contributed by atoms with Crippen LogP contribution in [0.25, 0.3) is 43.6 Å². The minimum absolute atomic E-state index is 0.0191. The summed E-state index contributed by atoms with van der Waals surface area (Å²) in [5.74, 6) is 1.64. The first-order valence-corrected chi connectivity index (χ1v) is 15.5. The van der Waals surface area contributed by atoms with E-state index in [-0.39, 0.29) is 22.6 Å². The summed E-state index contributed by atoms with van der Waals surface area (Å²) in [6.07, 6.45) is 7.86. The quantitative estimate of drug-likeness (QED) is 0.220. The van der Waals surface area contributed by atoms with Gasteiger partial charge < -0.3 is 0 Å². The van der Waals surface area contributed by atoms with E-state index in [0.29, 0.717) is 24.7 Å². The van der Waals surface area contributed by atoms with Gasteiger partial charge in [-0.25, -0.2) is 0 Å². The van der Waals surface area contributed by atoms with Crippen molar-refractivity contribution in [3.63, 3.8) is 0 Å². The van der Waals surface area contributed by atoms with Gasteiger partial charge in [0.15, 0.2) is 0 Å². The summed E-state index contributed by atoms with van der Waals surface area (Å²) in [7, 11) is 0. The fourth-order valence-electron chi connectivity index (χ4n) is 10.2. The summed E-state index contributed by atoms with van der Waals surface area (Å²) in [5, 5.41) is 4.56. The minimum Gasteiger partial charge on any atom is -0.280 e. The molecule has 4 aliphatic rings. The third kappa shape index (κ3) is 3.47. The Bertz CT molecular complexity index is 1810. The van der Waals surface area contributed by atoms with Crippen LogP contribution in [-0.4, -0.2) is 20.9 Å². The number of aromatic nitrogens is 2. The second kappa shape index (κ2) is 8.67. The van der Waals surface area contributed by atoms with Crippen LogP contribution in [0.15, 0.2) is 97.1 Å². The lowest BCUT2D eigenvalue weighted by Gasteiger charge is -2.62. The molecule has 0 aliphatic heterocycles. The maximum atomic E-state index is 14.3. The average Bonchev–Trinajstić information content (AvgIpc) is 3.49. The molecule has 0 spiro atoms. The van der Waals surface area contributed by atoms with Crippen LogP contribution in [0.2, 0.25) is 0 Å². The molecule has 0 amide bonds. The molecule has 4 nitrogen and oxygen atoms in total. The van der Waals surface area contributed by atoms with E-state index in [2.05, 4.69) is 72.8 Å². The molecule has 4 saturated carbocycles. The Morgan fingerprint density at radius 1 is 0.524 bits per heavy atom. The van der Waals surface area contributed by atoms with E-state index < -0.39 is 0 Å². The van der Waals surface area contributed by atoms with Crippen LogP contribution >= 0.6 is 0 Å². The number of nitrogens with zero attached hydrogens (tertiary/aromatic N) is 2. The summed E-state index contributed by atoms with van der Waals surface area (Å²) < 4.78 is 3.97. The number of hydrogen-bond donors (Lipinski definition) is 0. The second-order valence-electron chi connectivity index (χ2n) is 13.8. The second-order valence-corrected chi connectivity index (χ2v) is 13.8. The summed E-state index contributed by atoms with van der Waals surface area (Å²) >= 11 is 0. The molecule has 2 heterocycles. The monoisotopic (exact) mass is 550 g/mol. The van der Waals surface area contributed by atoms with Crippen LogP contribution in [0.4, 0.5) is 0 Å². The molecule has 0 radical (unpaired) electrons.